The van der Waals surface area contributed by atoms with Crippen molar-refractivity contribution in [3.05, 3.63) is 16.7 Å². The Morgan fingerprint density at radius 1 is 1.65 bits per heavy atom. The van der Waals surface area contributed by atoms with Crippen LogP contribution in [0.4, 0.5) is 5.82 Å². The van der Waals surface area contributed by atoms with E-state index in [9.17, 15) is 8.42 Å². The summed E-state index contributed by atoms with van der Waals surface area (Å²) >= 11 is 3.14. The summed E-state index contributed by atoms with van der Waals surface area (Å²) in [5.41, 5.74) is 5.54. The number of nitriles is 1. The van der Waals surface area contributed by atoms with E-state index in [4.69, 9.17) is 11.0 Å². The fraction of sp³-hybridized carbons (Fsp3) is 0.333. The van der Waals surface area contributed by atoms with Gasteiger partial charge in [-0.25, -0.2) is 13.4 Å². The number of rotatable bonds is 4. The van der Waals surface area contributed by atoms with E-state index in [1.807, 2.05) is 6.07 Å². The summed E-state index contributed by atoms with van der Waals surface area (Å²) < 4.78 is 25.8. The Bertz CT molecular complexity index is 553. The monoisotopic (exact) mass is 318 g/mol. The average Bonchev–Trinajstić information content (AvgIpc) is 2.28. The van der Waals surface area contributed by atoms with Crippen molar-refractivity contribution in [1.82, 2.24) is 9.29 Å². The molecule has 1 heterocycles. The van der Waals surface area contributed by atoms with Gasteiger partial charge in [-0.2, -0.15) is 9.57 Å². The topological polar surface area (TPSA) is 100 Å². The lowest BCUT2D eigenvalue weighted by Crippen LogP contribution is -2.28. The third-order valence-corrected chi connectivity index (χ3v) is 4.39. The number of pyridine rings is 1. The van der Waals surface area contributed by atoms with E-state index in [1.165, 1.54) is 19.3 Å². The van der Waals surface area contributed by atoms with Crippen LogP contribution in [0.3, 0.4) is 0 Å². The number of nitrogen functional groups attached to an aromatic ring is 1. The van der Waals surface area contributed by atoms with Crippen molar-refractivity contribution in [2.45, 2.75) is 11.3 Å². The number of sulfonamides is 1. The van der Waals surface area contributed by atoms with Gasteiger partial charge in [0.25, 0.3) is 0 Å². The Hall–Kier alpha value is -1.17. The van der Waals surface area contributed by atoms with Crippen LogP contribution < -0.4 is 5.73 Å². The summed E-state index contributed by atoms with van der Waals surface area (Å²) in [4.78, 5) is 3.71. The molecule has 0 amide bonds. The number of anilines is 1. The molecule has 0 aromatic carbocycles. The number of nitrogens with zero attached hydrogens (tertiary/aromatic N) is 3. The predicted molar refractivity (Wildman–Crippen MR) is 66.4 cm³/mol. The van der Waals surface area contributed by atoms with E-state index in [-0.39, 0.29) is 23.7 Å². The standard InChI is InChI=1S/C9H11BrN4O2S/c1-14(4-2-3-11)17(15,16)8-5-7(10)6-13-9(8)12/h5-6H,2,4H2,1H3,(H2,12,13). The van der Waals surface area contributed by atoms with Gasteiger partial charge in [0.05, 0.1) is 6.07 Å². The summed E-state index contributed by atoms with van der Waals surface area (Å²) in [5, 5.41) is 8.43. The summed E-state index contributed by atoms with van der Waals surface area (Å²) in [5.74, 6) is -0.0583. The quantitative estimate of drug-likeness (QED) is 0.891. The van der Waals surface area contributed by atoms with Gasteiger partial charge in [0.1, 0.15) is 10.7 Å². The summed E-state index contributed by atoms with van der Waals surface area (Å²) in [6.07, 6.45) is 1.54. The normalized spacial score (nSPS) is 11.4. The zero-order chi connectivity index (χ0) is 13.1. The van der Waals surface area contributed by atoms with Gasteiger partial charge in [0.2, 0.25) is 10.0 Å². The van der Waals surface area contributed by atoms with Crippen LogP contribution in [-0.2, 0) is 10.0 Å². The van der Waals surface area contributed by atoms with Crippen LogP contribution in [0.25, 0.3) is 0 Å². The molecule has 8 heteroatoms. The molecule has 1 aromatic rings. The van der Waals surface area contributed by atoms with Crippen molar-refractivity contribution in [2.24, 2.45) is 0 Å². The number of nitrogens with two attached hydrogens (primary N) is 1. The minimum Gasteiger partial charge on any atom is -0.383 e. The van der Waals surface area contributed by atoms with Crippen LogP contribution in [0.1, 0.15) is 6.42 Å². The van der Waals surface area contributed by atoms with Gasteiger partial charge in [-0.3, -0.25) is 0 Å². The van der Waals surface area contributed by atoms with Crippen molar-refractivity contribution in [2.75, 3.05) is 19.3 Å². The lowest BCUT2D eigenvalue weighted by molar-refractivity contribution is 0.476. The van der Waals surface area contributed by atoms with E-state index in [0.29, 0.717) is 4.47 Å². The van der Waals surface area contributed by atoms with E-state index in [1.54, 1.807) is 0 Å². The molecule has 0 bridgehead atoms. The highest BCUT2D eigenvalue weighted by Gasteiger charge is 2.23. The van der Waals surface area contributed by atoms with Crippen molar-refractivity contribution >= 4 is 31.8 Å². The van der Waals surface area contributed by atoms with Gasteiger partial charge >= 0.3 is 0 Å². The Balaban J connectivity index is 3.13. The second kappa shape index (κ2) is 5.44. The second-order valence-corrected chi connectivity index (χ2v) is 6.20. The molecular weight excluding hydrogens is 308 g/mol. The fourth-order valence-corrected chi connectivity index (χ4v) is 2.88. The maximum Gasteiger partial charge on any atom is 0.246 e. The summed E-state index contributed by atoms with van der Waals surface area (Å²) in [6, 6.07) is 3.28. The molecule has 92 valence electrons. The first kappa shape index (κ1) is 13.9. The zero-order valence-electron chi connectivity index (χ0n) is 9.09. The maximum atomic E-state index is 12.1. The number of aromatic nitrogens is 1. The molecule has 0 radical (unpaired) electrons. The molecular formula is C9H11BrN4O2S. The number of hydrogen-bond donors (Lipinski definition) is 1. The molecule has 0 fully saturated rings. The van der Waals surface area contributed by atoms with Gasteiger partial charge in [-0.15, -0.1) is 0 Å². The van der Waals surface area contributed by atoms with Gasteiger partial charge in [-0.05, 0) is 22.0 Å². The van der Waals surface area contributed by atoms with E-state index in [0.717, 1.165) is 4.31 Å². The number of hydrogen-bond acceptors (Lipinski definition) is 5. The minimum absolute atomic E-state index is 0.0583. The maximum absolute atomic E-state index is 12.1. The molecule has 0 unspecified atom stereocenters. The van der Waals surface area contributed by atoms with Gasteiger partial charge < -0.3 is 5.73 Å². The minimum atomic E-state index is -3.70. The van der Waals surface area contributed by atoms with E-state index in [2.05, 4.69) is 20.9 Å². The highest BCUT2D eigenvalue weighted by atomic mass is 79.9. The lowest BCUT2D eigenvalue weighted by Gasteiger charge is -2.16. The second-order valence-electron chi connectivity index (χ2n) is 3.27. The summed E-state index contributed by atoms with van der Waals surface area (Å²) in [7, 11) is -2.30. The van der Waals surface area contributed by atoms with Gasteiger partial charge in [-0.1, -0.05) is 0 Å². The Labute approximate surface area is 108 Å². The molecule has 0 aliphatic heterocycles. The van der Waals surface area contributed by atoms with Gasteiger partial charge in [0, 0.05) is 30.7 Å². The smallest absolute Gasteiger partial charge is 0.246 e. The van der Waals surface area contributed by atoms with Crippen LogP contribution in [0.2, 0.25) is 0 Å². The Morgan fingerprint density at radius 3 is 2.88 bits per heavy atom. The molecule has 1 rings (SSSR count). The van der Waals surface area contributed by atoms with E-state index >= 15 is 0 Å². The van der Waals surface area contributed by atoms with Crippen LogP contribution >= 0.6 is 15.9 Å². The van der Waals surface area contributed by atoms with E-state index < -0.39 is 10.0 Å². The Morgan fingerprint density at radius 2 is 2.29 bits per heavy atom. The van der Waals surface area contributed by atoms with Crippen molar-refractivity contribution in [3.8, 4) is 6.07 Å². The molecule has 0 aliphatic rings. The van der Waals surface area contributed by atoms with Crippen LogP contribution in [0.15, 0.2) is 21.6 Å². The molecule has 2 N–H and O–H groups in total. The third kappa shape index (κ3) is 3.15. The fourth-order valence-electron chi connectivity index (χ4n) is 1.13. The molecule has 1 aromatic heterocycles. The highest BCUT2D eigenvalue weighted by molar-refractivity contribution is 9.10. The van der Waals surface area contributed by atoms with Crippen molar-refractivity contribution in [1.29, 1.82) is 5.26 Å². The molecule has 0 atom stereocenters. The summed E-state index contributed by atoms with van der Waals surface area (Å²) in [6.45, 7) is 0.116. The molecule has 0 aliphatic carbocycles. The van der Waals surface area contributed by atoms with Crippen molar-refractivity contribution in [3.63, 3.8) is 0 Å². The highest BCUT2D eigenvalue weighted by Crippen LogP contribution is 2.23. The first-order valence-corrected chi connectivity index (χ1v) is 6.87. The van der Waals surface area contributed by atoms with Crippen molar-refractivity contribution < 1.29 is 8.42 Å². The largest absolute Gasteiger partial charge is 0.383 e. The SMILES string of the molecule is CN(CCC#N)S(=O)(=O)c1cc(Br)cnc1N. The average molecular weight is 319 g/mol. The molecule has 0 spiro atoms. The molecule has 6 nitrogen and oxygen atoms in total. The third-order valence-electron chi connectivity index (χ3n) is 2.08. The Kier molecular flexibility index (Phi) is 4.45. The zero-order valence-corrected chi connectivity index (χ0v) is 11.5. The van der Waals surface area contributed by atoms with Gasteiger partial charge in [0.15, 0.2) is 0 Å². The molecule has 0 saturated heterocycles. The number of halogens is 1. The molecule has 17 heavy (non-hydrogen) atoms. The lowest BCUT2D eigenvalue weighted by atomic mass is 10.5. The van der Waals surface area contributed by atoms with Crippen LogP contribution in [0.5, 0.6) is 0 Å². The predicted octanol–water partition coefficient (Wildman–Crippen LogP) is 0.960. The van der Waals surface area contributed by atoms with Crippen LogP contribution in [-0.4, -0.2) is 31.3 Å². The first-order valence-electron chi connectivity index (χ1n) is 4.64. The molecule has 0 saturated carbocycles. The van der Waals surface area contributed by atoms with Crippen LogP contribution in [0, 0.1) is 11.3 Å². The first-order chi connectivity index (χ1) is 7.89.